The zero-order valence-corrected chi connectivity index (χ0v) is 15.6. The number of fused-ring (bicyclic) bond motifs is 2. The maximum atomic E-state index is 6.17. The summed E-state index contributed by atoms with van der Waals surface area (Å²) in [5, 5.41) is 8.41. The number of hydrogen-bond donors (Lipinski definition) is 1. The number of methoxy groups -OCH3 is 1. The minimum absolute atomic E-state index is 0.0338. The maximum Gasteiger partial charge on any atom is 0.263 e. The molecule has 26 heavy (non-hydrogen) atoms. The van der Waals surface area contributed by atoms with Crippen LogP contribution in [0.15, 0.2) is 22.7 Å². The Balaban J connectivity index is 1.79. The first kappa shape index (κ1) is 16.6. The lowest BCUT2D eigenvalue weighted by Gasteiger charge is -2.38. The molecule has 0 saturated heterocycles. The fourth-order valence-electron chi connectivity index (χ4n) is 3.45. The summed E-state index contributed by atoms with van der Waals surface area (Å²) in [6.45, 7) is 7.89. The molecule has 0 saturated carbocycles. The molecule has 0 fully saturated rings. The average molecular weight is 354 g/mol. The van der Waals surface area contributed by atoms with Gasteiger partial charge in [-0.25, -0.2) is 4.98 Å². The molecule has 4 rings (SSSR count). The van der Waals surface area contributed by atoms with Crippen molar-refractivity contribution >= 4 is 16.9 Å². The summed E-state index contributed by atoms with van der Waals surface area (Å²) in [6, 6.07) is 5.94. The van der Waals surface area contributed by atoms with Crippen LogP contribution in [-0.2, 0) is 0 Å². The normalized spacial score (nSPS) is 18.3. The van der Waals surface area contributed by atoms with Gasteiger partial charge in [-0.15, -0.1) is 0 Å². The Morgan fingerprint density at radius 3 is 2.81 bits per heavy atom. The van der Waals surface area contributed by atoms with Gasteiger partial charge in [-0.1, -0.05) is 5.16 Å². The molecule has 3 heterocycles. The van der Waals surface area contributed by atoms with E-state index in [1.54, 1.807) is 7.11 Å². The third-order valence-electron chi connectivity index (χ3n) is 4.61. The molecular formula is C19H22N4O3. The fourth-order valence-corrected chi connectivity index (χ4v) is 3.45. The molecule has 0 spiro atoms. The Morgan fingerprint density at radius 2 is 2.04 bits per heavy atom. The van der Waals surface area contributed by atoms with E-state index in [4.69, 9.17) is 14.0 Å². The van der Waals surface area contributed by atoms with E-state index in [-0.39, 0.29) is 11.6 Å². The summed E-state index contributed by atoms with van der Waals surface area (Å²) in [5.41, 5.74) is 2.02. The number of benzene rings is 1. The second kappa shape index (κ2) is 5.86. The number of nitrogens with one attached hydrogen (secondary N) is 1. The van der Waals surface area contributed by atoms with Gasteiger partial charge in [0.05, 0.1) is 18.8 Å². The molecular weight excluding hydrogens is 332 g/mol. The van der Waals surface area contributed by atoms with E-state index in [0.29, 0.717) is 11.5 Å². The molecule has 136 valence electrons. The van der Waals surface area contributed by atoms with E-state index in [1.165, 1.54) is 0 Å². The van der Waals surface area contributed by atoms with Crippen LogP contribution in [0, 0.1) is 13.8 Å². The summed E-state index contributed by atoms with van der Waals surface area (Å²) in [7, 11) is 1.65. The molecule has 3 aromatic rings. The van der Waals surface area contributed by atoms with Gasteiger partial charge in [-0.3, -0.25) is 0 Å². The molecule has 0 amide bonds. The van der Waals surface area contributed by atoms with Crippen molar-refractivity contribution < 1.29 is 14.0 Å². The predicted molar refractivity (Wildman–Crippen MR) is 97.8 cm³/mol. The van der Waals surface area contributed by atoms with Crippen LogP contribution in [0.2, 0.25) is 0 Å². The van der Waals surface area contributed by atoms with Crippen LogP contribution in [0.1, 0.15) is 43.4 Å². The number of hydrogen-bond acceptors (Lipinski definition) is 7. The Kier molecular flexibility index (Phi) is 3.75. The average Bonchev–Trinajstić information content (AvgIpc) is 2.94. The van der Waals surface area contributed by atoms with Gasteiger partial charge in [-0.05, 0) is 39.8 Å². The smallest absolute Gasteiger partial charge is 0.263 e. The topological polar surface area (TPSA) is 82.3 Å². The van der Waals surface area contributed by atoms with Gasteiger partial charge in [-0.2, -0.15) is 4.98 Å². The molecule has 1 unspecified atom stereocenters. The van der Waals surface area contributed by atoms with Crippen molar-refractivity contribution in [2.24, 2.45) is 0 Å². The highest BCUT2D eigenvalue weighted by molar-refractivity contribution is 5.87. The van der Waals surface area contributed by atoms with Crippen molar-refractivity contribution in [2.75, 3.05) is 12.4 Å². The van der Waals surface area contributed by atoms with Crippen LogP contribution in [0.3, 0.4) is 0 Å². The standard InChI is InChI=1S/C19H22N4O3/c1-10-16-17(20-11(2)21-18(16)26-23-10)22-14-9-19(3,4)25-15-8-12(24-5)6-7-13(14)15/h6-8,14H,9H2,1-5H3,(H,20,21,22). The molecule has 1 aromatic carbocycles. The number of nitrogens with zero attached hydrogens (tertiary/aromatic N) is 3. The van der Waals surface area contributed by atoms with Gasteiger partial charge in [0.15, 0.2) is 0 Å². The first-order valence-electron chi connectivity index (χ1n) is 8.60. The van der Waals surface area contributed by atoms with Crippen molar-refractivity contribution in [1.82, 2.24) is 15.1 Å². The lowest BCUT2D eigenvalue weighted by Crippen LogP contribution is -2.37. The Morgan fingerprint density at radius 1 is 1.23 bits per heavy atom. The maximum absolute atomic E-state index is 6.17. The number of anilines is 1. The highest BCUT2D eigenvalue weighted by atomic mass is 16.5. The molecule has 1 N–H and O–H groups in total. The van der Waals surface area contributed by atoms with Crippen LogP contribution in [-0.4, -0.2) is 27.8 Å². The lowest BCUT2D eigenvalue weighted by molar-refractivity contribution is 0.0755. The van der Waals surface area contributed by atoms with Crippen molar-refractivity contribution in [1.29, 1.82) is 0 Å². The molecule has 1 atom stereocenters. The second-order valence-corrected chi connectivity index (χ2v) is 7.23. The first-order chi connectivity index (χ1) is 12.4. The van der Waals surface area contributed by atoms with E-state index < -0.39 is 0 Å². The fraction of sp³-hybridized carbons (Fsp3) is 0.421. The van der Waals surface area contributed by atoms with Gasteiger partial charge >= 0.3 is 0 Å². The SMILES string of the molecule is COc1ccc2c(c1)OC(C)(C)CC2Nc1nc(C)nc2onc(C)c12. The van der Waals surface area contributed by atoms with E-state index in [2.05, 4.69) is 34.3 Å². The summed E-state index contributed by atoms with van der Waals surface area (Å²) >= 11 is 0. The number of aryl methyl sites for hydroxylation is 2. The van der Waals surface area contributed by atoms with Gasteiger partial charge < -0.3 is 19.3 Å². The Labute approximate surface area is 151 Å². The summed E-state index contributed by atoms with van der Waals surface area (Å²) in [4.78, 5) is 8.92. The molecule has 0 aliphatic carbocycles. The third kappa shape index (κ3) is 2.83. The van der Waals surface area contributed by atoms with Crippen LogP contribution < -0.4 is 14.8 Å². The highest BCUT2D eigenvalue weighted by Gasteiger charge is 2.34. The van der Waals surface area contributed by atoms with Crippen molar-refractivity contribution in [3.63, 3.8) is 0 Å². The lowest BCUT2D eigenvalue weighted by atomic mass is 9.89. The highest BCUT2D eigenvalue weighted by Crippen LogP contribution is 2.43. The number of rotatable bonds is 3. The van der Waals surface area contributed by atoms with Gasteiger partial charge in [0.2, 0.25) is 0 Å². The van der Waals surface area contributed by atoms with Gasteiger partial charge in [0.25, 0.3) is 5.71 Å². The molecule has 0 bridgehead atoms. The van der Waals surface area contributed by atoms with Crippen LogP contribution in [0.4, 0.5) is 5.82 Å². The minimum Gasteiger partial charge on any atom is -0.497 e. The van der Waals surface area contributed by atoms with Gasteiger partial charge in [0, 0.05) is 18.1 Å². The van der Waals surface area contributed by atoms with E-state index >= 15 is 0 Å². The molecule has 0 radical (unpaired) electrons. The van der Waals surface area contributed by atoms with E-state index in [1.807, 2.05) is 32.0 Å². The molecule has 7 heteroatoms. The quantitative estimate of drug-likeness (QED) is 0.762. The molecule has 1 aliphatic rings. The van der Waals surface area contributed by atoms with Gasteiger partial charge in [0.1, 0.15) is 34.1 Å². The predicted octanol–water partition coefficient (Wildman–Crippen LogP) is 3.96. The Bertz CT molecular complexity index is 980. The summed E-state index contributed by atoms with van der Waals surface area (Å²) in [6.07, 6.45) is 0.793. The monoisotopic (exact) mass is 354 g/mol. The molecule has 7 nitrogen and oxygen atoms in total. The summed E-state index contributed by atoms with van der Waals surface area (Å²) < 4.78 is 16.8. The minimum atomic E-state index is -0.318. The third-order valence-corrected chi connectivity index (χ3v) is 4.61. The first-order valence-corrected chi connectivity index (χ1v) is 8.60. The van der Waals surface area contributed by atoms with Crippen LogP contribution in [0.25, 0.3) is 11.1 Å². The van der Waals surface area contributed by atoms with Crippen molar-refractivity contribution in [3.05, 3.63) is 35.3 Å². The van der Waals surface area contributed by atoms with Crippen LogP contribution in [0.5, 0.6) is 11.5 Å². The van der Waals surface area contributed by atoms with Crippen molar-refractivity contribution in [2.45, 2.75) is 45.8 Å². The largest absolute Gasteiger partial charge is 0.497 e. The second-order valence-electron chi connectivity index (χ2n) is 7.23. The zero-order chi connectivity index (χ0) is 18.5. The van der Waals surface area contributed by atoms with E-state index in [9.17, 15) is 0 Å². The van der Waals surface area contributed by atoms with Crippen molar-refractivity contribution in [3.8, 4) is 11.5 Å². The Hall–Kier alpha value is -2.83. The summed E-state index contributed by atoms with van der Waals surface area (Å²) in [5.74, 6) is 2.96. The molecule has 1 aliphatic heterocycles. The van der Waals surface area contributed by atoms with E-state index in [0.717, 1.165) is 40.4 Å². The number of ether oxygens (including phenoxy) is 2. The molecule has 2 aromatic heterocycles. The zero-order valence-electron chi connectivity index (χ0n) is 15.6. The van der Waals surface area contributed by atoms with Crippen LogP contribution >= 0.6 is 0 Å². The number of aromatic nitrogens is 3.